The Kier molecular flexibility index (Phi) is 15.3. The number of thiol groups is 1. The number of likely N-dealkylation sites (N-methyl/N-ethyl adjacent to an activating group) is 1. The molecule has 0 N–H and O–H groups in total. The molecule has 16 heteroatoms. The van der Waals surface area contributed by atoms with Crippen molar-refractivity contribution in [3.63, 3.8) is 0 Å². The minimum atomic E-state index is -0.105. The molecule has 2 unspecified atom stereocenters. The largest absolute Gasteiger partial charge is 0.493 e. The number of carbonyl (C=O) groups is 2. The van der Waals surface area contributed by atoms with Gasteiger partial charge in [-0.25, -0.2) is 0 Å². The number of pyridine rings is 1. The number of nitrogens with zero attached hydrogens (tertiary/aromatic N) is 6. The number of benzene rings is 2. The van der Waals surface area contributed by atoms with Crippen LogP contribution < -0.4 is 23.7 Å². The summed E-state index contributed by atoms with van der Waals surface area (Å²) < 4.78 is 41.8. The summed E-state index contributed by atoms with van der Waals surface area (Å²) in [5.74, 6) is 1.96. The van der Waals surface area contributed by atoms with E-state index in [2.05, 4.69) is 50.6 Å². The second-order valence-corrected chi connectivity index (χ2v) is 18.1. The molecule has 0 bridgehead atoms. The summed E-state index contributed by atoms with van der Waals surface area (Å²) in [5.41, 5.74) is 5.44. The fourth-order valence-corrected chi connectivity index (χ4v) is 8.43. The molecule has 0 saturated carbocycles. The lowest BCUT2D eigenvalue weighted by Crippen LogP contribution is -2.35. The van der Waals surface area contributed by atoms with Crippen molar-refractivity contribution in [2.24, 2.45) is 9.98 Å². The number of hydrogen-bond acceptors (Lipinski definition) is 14. The molecule has 4 aliphatic rings. The molecule has 2 fully saturated rings. The Hall–Kier alpha value is -5.42. The fourth-order valence-electron chi connectivity index (χ4n) is 8.18. The summed E-state index contributed by atoms with van der Waals surface area (Å²) >= 11 is 4.60. The third kappa shape index (κ3) is 11.4. The van der Waals surface area contributed by atoms with Crippen molar-refractivity contribution in [2.45, 2.75) is 70.6 Å². The highest BCUT2D eigenvalue weighted by Crippen LogP contribution is 2.41. The lowest BCUT2D eigenvalue weighted by atomic mass is 10.1. The Morgan fingerprint density at radius 1 is 0.703 bits per heavy atom. The van der Waals surface area contributed by atoms with Gasteiger partial charge in [0, 0.05) is 67.6 Å². The van der Waals surface area contributed by atoms with Crippen LogP contribution >= 0.6 is 12.6 Å². The molecule has 0 aliphatic carbocycles. The molecule has 0 spiro atoms. The van der Waals surface area contributed by atoms with Gasteiger partial charge in [-0.05, 0) is 59.7 Å². The van der Waals surface area contributed by atoms with Crippen LogP contribution in [0.15, 0.2) is 69.7 Å². The van der Waals surface area contributed by atoms with Gasteiger partial charge in [0.15, 0.2) is 23.0 Å². The highest BCUT2D eigenvalue weighted by atomic mass is 32.1. The van der Waals surface area contributed by atoms with Crippen LogP contribution in [0.1, 0.15) is 72.6 Å². The number of ether oxygens (including phenoxy) is 7. The average molecular weight is 897 g/mol. The van der Waals surface area contributed by atoms with E-state index < -0.39 is 0 Å². The average Bonchev–Trinajstić information content (AvgIpc) is 3.85. The SMILES string of the molecule is CC=C1CC2C=Nc3cc(OCc4cc(OCCOCCOCCN(C)CC(C)(C)S)cc(COc5cc6c(cc5OC)C(=O)N5CC(=CC)CC5C=N6)n4)c(OC)cc3C(=O)N2C1. The van der Waals surface area contributed by atoms with Crippen LogP contribution in [0.2, 0.25) is 0 Å². The van der Waals surface area contributed by atoms with Crippen molar-refractivity contribution in [3.05, 3.63) is 82.2 Å². The fraction of sp³-hybridized carbons (Fsp3) is 0.479. The zero-order valence-electron chi connectivity index (χ0n) is 37.9. The number of hydrogen-bond donors (Lipinski definition) is 1. The Balaban J connectivity index is 1.04. The van der Waals surface area contributed by atoms with Gasteiger partial charge in [0.2, 0.25) is 0 Å². The van der Waals surface area contributed by atoms with Gasteiger partial charge in [0.05, 0.1) is 86.6 Å². The van der Waals surface area contributed by atoms with Crippen molar-refractivity contribution in [1.82, 2.24) is 19.7 Å². The van der Waals surface area contributed by atoms with E-state index in [9.17, 15) is 9.59 Å². The van der Waals surface area contributed by atoms with Crippen LogP contribution in [-0.2, 0) is 22.7 Å². The topological polar surface area (TPSA) is 146 Å². The molecule has 15 nitrogen and oxygen atoms in total. The molecule has 1 aromatic heterocycles. The number of methoxy groups -OCH3 is 2. The van der Waals surface area contributed by atoms with E-state index in [1.54, 1.807) is 36.4 Å². The molecule has 5 heterocycles. The van der Waals surface area contributed by atoms with E-state index in [1.807, 2.05) is 36.1 Å². The number of allylic oxidation sites excluding steroid dienone is 2. The van der Waals surface area contributed by atoms with Crippen molar-refractivity contribution < 1.29 is 42.7 Å². The maximum Gasteiger partial charge on any atom is 0.257 e. The summed E-state index contributed by atoms with van der Waals surface area (Å²) in [6, 6.07) is 10.2. The molecule has 342 valence electrons. The monoisotopic (exact) mass is 896 g/mol. The van der Waals surface area contributed by atoms with Gasteiger partial charge in [0.25, 0.3) is 11.8 Å². The lowest BCUT2D eigenvalue weighted by Gasteiger charge is -2.25. The summed E-state index contributed by atoms with van der Waals surface area (Å²) in [4.78, 5) is 47.5. The minimum absolute atomic E-state index is 0.0382. The van der Waals surface area contributed by atoms with Crippen LogP contribution in [0.3, 0.4) is 0 Å². The Labute approximate surface area is 381 Å². The highest BCUT2D eigenvalue weighted by Gasteiger charge is 2.36. The van der Waals surface area contributed by atoms with Gasteiger partial charge < -0.3 is 47.9 Å². The quantitative estimate of drug-likeness (QED) is 0.0707. The van der Waals surface area contributed by atoms with Crippen LogP contribution in [-0.4, -0.2) is 141 Å². The normalized spacial score (nSPS) is 19.1. The van der Waals surface area contributed by atoms with Gasteiger partial charge in [-0.3, -0.25) is 24.6 Å². The van der Waals surface area contributed by atoms with Gasteiger partial charge in [-0.2, -0.15) is 12.6 Å². The number of aromatic nitrogens is 1. The first-order valence-electron chi connectivity index (χ1n) is 21.7. The lowest BCUT2D eigenvalue weighted by molar-refractivity contribution is 0.0307. The Morgan fingerprint density at radius 3 is 1.66 bits per heavy atom. The molecule has 0 radical (unpaired) electrons. The van der Waals surface area contributed by atoms with E-state index in [4.69, 9.17) is 48.1 Å². The molecule has 4 aliphatic heterocycles. The summed E-state index contributed by atoms with van der Waals surface area (Å²) in [5, 5.41) is 0. The first-order chi connectivity index (χ1) is 30.9. The smallest absolute Gasteiger partial charge is 0.257 e. The first kappa shape index (κ1) is 46.6. The third-order valence-electron chi connectivity index (χ3n) is 11.4. The highest BCUT2D eigenvalue weighted by molar-refractivity contribution is 7.81. The van der Waals surface area contributed by atoms with Crippen molar-refractivity contribution in [1.29, 1.82) is 0 Å². The predicted molar refractivity (Wildman–Crippen MR) is 249 cm³/mol. The molecule has 64 heavy (non-hydrogen) atoms. The van der Waals surface area contributed by atoms with Gasteiger partial charge in [0.1, 0.15) is 25.6 Å². The number of amides is 2. The van der Waals surface area contributed by atoms with Gasteiger partial charge in [-0.15, -0.1) is 0 Å². The van der Waals surface area contributed by atoms with Gasteiger partial charge in [-0.1, -0.05) is 23.3 Å². The Bertz CT molecular complexity index is 2170. The summed E-state index contributed by atoms with van der Waals surface area (Å²) in [6.07, 6.45) is 9.30. The number of fused-ring (bicyclic) bond motifs is 4. The first-order valence-corrected chi connectivity index (χ1v) is 22.2. The molecule has 3 aromatic rings. The summed E-state index contributed by atoms with van der Waals surface area (Å²) in [7, 11) is 5.13. The second kappa shape index (κ2) is 21.0. The van der Waals surface area contributed by atoms with Crippen LogP contribution in [0.25, 0.3) is 0 Å². The zero-order valence-corrected chi connectivity index (χ0v) is 38.8. The summed E-state index contributed by atoms with van der Waals surface area (Å²) in [6.45, 7) is 13.2. The van der Waals surface area contributed by atoms with Gasteiger partial charge >= 0.3 is 0 Å². The maximum atomic E-state index is 13.7. The van der Waals surface area contributed by atoms with E-state index in [0.717, 1.165) is 25.9 Å². The Morgan fingerprint density at radius 2 is 1.19 bits per heavy atom. The molecule has 7 rings (SSSR count). The number of rotatable bonds is 20. The minimum Gasteiger partial charge on any atom is -0.493 e. The zero-order chi connectivity index (χ0) is 45.4. The van der Waals surface area contributed by atoms with E-state index in [0.29, 0.717) is 102 Å². The molecule has 2 aromatic carbocycles. The second-order valence-electron chi connectivity index (χ2n) is 16.9. The molecule has 2 atom stereocenters. The van der Waals surface area contributed by atoms with E-state index in [-0.39, 0.29) is 48.5 Å². The van der Waals surface area contributed by atoms with Crippen molar-refractivity contribution in [3.8, 4) is 28.7 Å². The number of aliphatic imine (C=N–C) groups is 2. The van der Waals surface area contributed by atoms with Crippen LogP contribution in [0.4, 0.5) is 11.4 Å². The standard InChI is InChI=1S/C48H60N6O9S/c1-8-31-16-35-24-49-40-22-44(42(57-6)20-38(40)46(55)53(35)26-31)62-28-33-18-37(61-15-14-60-13-12-59-11-10-52(5)30-48(3,4)64)19-34(51-33)29-63-45-23-41-39(21-43(45)58-7)47(56)54-27-32(9-2)17-36(54)25-50-41/h8-9,18-25,35-36,64H,10-17,26-30H2,1-7H3. The van der Waals surface area contributed by atoms with E-state index >= 15 is 0 Å². The van der Waals surface area contributed by atoms with Crippen molar-refractivity contribution >= 4 is 48.2 Å². The molecular weight excluding hydrogens is 837 g/mol. The van der Waals surface area contributed by atoms with Crippen LogP contribution in [0, 0.1) is 0 Å². The van der Waals surface area contributed by atoms with E-state index in [1.165, 1.54) is 25.4 Å². The van der Waals surface area contributed by atoms with Crippen molar-refractivity contribution in [2.75, 3.05) is 80.5 Å². The molecular formula is C48H60N6O9S. The molecule has 2 saturated heterocycles. The maximum absolute atomic E-state index is 13.7. The molecule has 2 amide bonds. The predicted octanol–water partition coefficient (Wildman–Crippen LogP) is 7.06. The third-order valence-corrected chi connectivity index (χ3v) is 11.6. The number of carbonyl (C=O) groups excluding carboxylic acids is 2. The van der Waals surface area contributed by atoms with Crippen LogP contribution in [0.5, 0.6) is 28.7 Å².